The van der Waals surface area contributed by atoms with Crippen LogP contribution in [0.15, 0.2) is 48.5 Å². The fourth-order valence-corrected chi connectivity index (χ4v) is 9.40. The molecule has 2 aromatic carbocycles. The molecule has 3 nitrogen and oxygen atoms in total. The molecule has 0 saturated carbocycles. The average Bonchev–Trinajstić information content (AvgIpc) is 2.64. The van der Waals surface area contributed by atoms with E-state index >= 15 is 0 Å². The van der Waals surface area contributed by atoms with Crippen LogP contribution in [-0.2, 0) is 4.74 Å². The van der Waals surface area contributed by atoms with Crippen LogP contribution in [0, 0.1) is 0 Å². The lowest BCUT2D eigenvalue weighted by Gasteiger charge is -2.42. The molecule has 27 heavy (non-hydrogen) atoms. The number of ether oxygens (including phenoxy) is 2. The van der Waals surface area contributed by atoms with Crippen molar-refractivity contribution in [2.45, 2.75) is 58.2 Å². The van der Waals surface area contributed by atoms with E-state index in [4.69, 9.17) is 13.9 Å². The van der Waals surface area contributed by atoms with E-state index in [1.165, 1.54) is 5.56 Å². The van der Waals surface area contributed by atoms with E-state index < -0.39 is 8.32 Å². The number of hydrogen-bond donors (Lipinski definition) is 0. The first-order valence-electron chi connectivity index (χ1n) is 9.82. The molecule has 0 N–H and O–H groups in total. The summed E-state index contributed by atoms with van der Waals surface area (Å²) in [7, 11) is -0.295. The van der Waals surface area contributed by atoms with Crippen LogP contribution in [0.2, 0.25) is 16.6 Å². The predicted octanol–water partition coefficient (Wildman–Crippen LogP) is 6.89. The Morgan fingerprint density at radius 3 is 1.44 bits per heavy atom. The van der Waals surface area contributed by atoms with Gasteiger partial charge in [0.2, 0.25) is 0 Å². The van der Waals surface area contributed by atoms with Crippen molar-refractivity contribution in [2.75, 3.05) is 13.9 Å². The van der Waals surface area contributed by atoms with E-state index in [9.17, 15) is 0 Å². The van der Waals surface area contributed by atoms with Crippen LogP contribution >= 0.6 is 0 Å². The maximum atomic E-state index is 6.75. The Morgan fingerprint density at radius 1 is 0.667 bits per heavy atom. The second kappa shape index (κ2) is 9.42. The third-order valence-corrected chi connectivity index (χ3v) is 11.4. The zero-order valence-corrected chi connectivity index (χ0v) is 18.8. The molecular weight excluding hydrogens is 352 g/mol. The third-order valence-electron chi connectivity index (χ3n) is 5.39. The van der Waals surface area contributed by atoms with E-state index in [0.29, 0.717) is 16.6 Å². The normalized spacial score (nSPS) is 12.1. The van der Waals surface area contributed by atoms with Gasteiger partial charge in [0, 0.05) is 7.11 Å². The zero-order valence-electron chi connectivity index (χ0n) is 17.8. The van der Waals surface area contributed by atoms with Gasteiger partial charge in [-0.25, -0.2) is 0 Å². The molecule has 0 aliphatic heterocycles. The van der Waals surface area contributed by atoms with Crippen LogP contribution < -0.4 is 9.16 Å². The first-order chi connectivity index (χ1) is 12.8. The molecular formula is C23H34O3Si. The monoisotopic (exact) mass is 386 g/mol. The van der Waals surface area contributed by atoms with Gasteiger partial charge in [0.25, 0.3) is 8.32 Å². The topological polar surface area (TPSA) is 27.7 Å². The van der Waals surface area contributed by atoms with Crippen molar-refractivity contribution in [3.63, 3.8) is 0 Å². The van der Waals surface area contributed by atoms with Crippen molar-refractivity contribution < 1.29 is 13.9 Å². The summed E-state index contributed by atoms with van der Waals surface area (Å²) >= 11 is 0. The summed E-state index contributed by atoms with van der Waals surface area (Å²) in [6.45, 7) is 14.1. The summed E-state index contributed by atoms with van der Waals surface area (Å²) in [5, 5.41) is 0. The van der Waals surface area contributed by atoms with Crippen molar-refractivity contribution in [1.82, 2.24) is 0 Å². The molecule has 0 amide bonds. The Hall–Kier alpha value is -1.78. The second-order valence-electron chi connectivity index (χ2n) is 8.02. The highest BCUT2D eigenvalue weighted by atomic mass is 28.4. The number of benzene rings is 2. The quantitative estimate of drug-likeness (QED) is 0.347. The van der Waals surface area contributed by atoms with Gasteiger partial charge in [0.05, 0.1) is 0 Å². The largest absolute Gasteiger partial charge is 0.543 e. The first kappa shape index (κ1) is 21.5. The molecule has 0 bridgehead atoms. The van der Waals surface area contributed by atoms with E-state index in [0.717, 1.165) is 17.1 Å². The Morgan fingerprint density at radius 2 is 1.07 bits per heavy atom. The van der Waals surface area contributed by atoms with Crippen LogP contribution in [-0.4, -0.2) is 22.2 Å². The number of methoxy groups -OCH3 is 1. The smallest absolute Gasteiger partial charge is 0.258 e. The van der Waals surface area contributed by atoms with Crippen LogP contribution in [0.3, 0.4) is 0 Å². The lowest BCUT2D eigenvalue weighted by atomic mass is 10.1. The number of rotatable bonds is 9. The molecule has 0 spiro atoms. The number of hydrogen-bond acceptors (Lipinski definition) is 3. The van der Waals surface area contributed by atoms with Gasteiger partial charge in [-0.3, -0.25) is 0 Å². The standard InChI is InChI=1S/C23H34O3Si/c1-17(2)27(18(3)4,19(5)6)26-23-14-10-21(11-15-23)20-8-12-22(13-9-20)25-16-24-7/h8-15,17-19H,16H2,1-7H3. The SMILES string of the molecule is COCOc1ccc(-c2ccc(O[Si](C(C)C)(C(C)C)C(C)C)cc2)cc1. The van der Waals surface area contributed by atoms with Crippen LogP contribution in [0.1, 0.15) is 41.5 Å². The highest BCUT2D eigenvalue weighted by Crippen LogP contribution is 2.42. The van der Waals surface area contributed by atoms with Gasteiger partial charge in [-0.1, -0.05) is 65.8 Å². The minimum absolute atomic E-state index is 0.262. The summed E-state index contributed by atoms with van der Waals surface area (Å²) in [5.41, 5.74) is 4.03. The average molecular weight is 387 g/mol. The third kappa shape index (κ3) is 4.93. The van der Waals surface area contributed by atoms with Gasteiger partial charge in [-0.15, -0.1) is 0 Å². The Labute approximate surface area is 165 Å². The fraction of sp³-hybridized carbons (Fsp3) is 0.478. The minimum Gasteiger partial charge on any atom is -0.543 e. The molecule has 2 rings (SSSR count). The molecule has 2 aromatic rings. The molecule has 0 atom stereocenters. The Balaban J connectivity index is 2.19. The summed E-state index contributed by atoms with van der Waals surface area (Å²) in [6.07, 6.45) is 0. The van der Waals surface area contributed by atoms with E-state index in [1.807, 2.05) is 12.1 Å². The molecule has 0 aliphatic carbocycles. The fourth-order valence-electron chi connectivity index (χ4n) is 4.14. The van der Waals surface area contributed by atoms with Crippen molar-refractivity contribution in [3.8, 4) is 22.6 Å². The summed E-state index contributed by atoms with van der Waals surface area (Å²) < 4.78 is 17.1. The molecule has 0 radical (unpaired) electrons. The lowest BCUT2D eigenvalue weighted by Crippen LogP contribution is -2.50. The van der Waals surface area contributed by atoms with Gasteiger partial charge >= 0.3 is 0 Å². The molecule has 0 saturated heterocycles. The van der Waals surface area contributed by atoms with Crippen LogP contribution in [0.4, 0.5) is 0 Å². The second-order valence-corrected chi connectivity index (χ2v) is 13.4. The van der Waals surface area contributed by atoms with Crippen molar-refractivity contribution in [3.05, 3.63) is 48.5 Å². The highest BCUT2D eigenvalue weighted by molar-refractivity contribution is 6.78. The summed E-state index contributed by atoms with van der Waals surface area (Å²) in [5.74, 6) is 1.80. The van der Waals surface area contributed by atoms with Gasteiger partial charge < -0.3 is 13.9 Å². The van der Waals surface area contributed by atoms with Crippen molar-refractivity contribution in [1.29, 1.82) is 0 Å². The molecule has 0 aromatic heterocycles. The maximum absolute atomic E-state index is 6.75. The van der Waals surface area contributed by atoms with Crippen LogP contribution in [0.25, 0.3) is 11.1 Å². The van der Waals surface area contributed by atoms with E-state index in [-0.39, 0.29) is 6.79 Å². The summed E-state index contributed by atoms with van der Waals surface area (Å²) in [4.78, 5) is 0. The van der Waals surface area contributed by atoms with Gasteiger partial charge in [0.15, 0.2) is 6.79 Å². The lowest BCUT2D eigenvalue weighted by molar-refractivity contribution is 0.0511. The maximum Gasteiger partial charge on any atom is 0.258 e. The zero-order chi connectivity index (χ0) is 20.0. The summed E-state index contributed by atoms with van der Waals surface area (Å²) in [6, 6.07) is 16.6. The van der Waals surface area contributed by atoms with Crippen molar-refractivity contribution in [2.24, 2.45) is 0 Å². The molecule has 0 fully saturated rings. The molecule has 4 heteroatoms. The Bertz CT molecular complexity index is 669. The highest BCUT2D eigenvalue weighted by Gasteiger charge is 2.46. The van der Waals surface area contributed by atoms with Gasteiger partial charge in [-0.2, -0.15) is 0 Å². The van der Waals surface area contributed by atoms with Gasteiger partial charge in [-0.05, 0) is 52.0 Å². The van der Waals surface area contributed by atoms with Gasteiger partial charge in [0.1, 0.15) is 11.5 Å². The molecule has 148 valence electrons. The first-order valence-corrected chi connectivity index (χ1v) is 12.0. The minimum atomic E-state index is -1.91. The van der Waals surface area contributed by atoms with Crippen molar-refractivity contribution >= 4 is 8.32 Å². The predicted molar refractivity (Wildman–Crippen MR) is 116 cm³/mol. The Kier molecular flexibility index (Phi) is 7.51. The van der Waals surface area contributed by atoms with E-state index in [1.54, 1.807) is 7.11 Å². The van der Waals surface area contributed by atoms with Crippen LogP contribution in [0.5, 0.6) is 11.5 Å². The molecule has 0 heterocycles. The molecule has 0 unspecified atom stereocenters. The molecule has 0 aliphatic rings. The van der Waals surface area contributed by atoms with E-state index in [2.05, 4.69) is 77.9 Å².